The van der Waals surface area contributed by atoms with E-state index in [1.807, 2.05) is 6.07 Å². The van der Waals surface area contributed by atoms with Crippen LogP contribution < -0.4 is 5.32 Å². The smallest absolute Gasteiger partial charge is 0.339 e. The van der Waals surface area contributed by atoms with Gasteiger partial charge in [0.1, 0.15) is 11.6 Å². The van der Waals surface area contributed by atoms with Crippen LogP contribution in [0, 0.1) is 11.3 Å². The van der Waals surface area contributed by atoms with Crippen LogP contribution in [0.1, 0.15) is 28.8 Å². The molecule has 1 aliphatic rings. The minimum absolute atomic E-state index is 0.0693. The zero-order valence-electron chi connectivity index (χ0n) is 14.3. The molecule has 3 aromatic rings. The van der Waals surface area contributed by atoms with E-state index in [9.17, 15) is 9.90 Å². The van der Waals surface area contributed by atoms with Crippen molar-refractivity contribution in [2.24, 2.45) is 0 Å². The Morgan fingerprint density at radius 1 is 1.37 bits per heavy atom. The summed E-state index contributed by atoms with van der Waals surface area (Å²) in [5.41, 5.74) is 1.50. The Morgan fingerprint density at radius 3 is 3.00 bits per heavy atom. The Kier molecular flexibility index (Phi) is 4.40. The number of carboxylic acid groups (broad SMARTS) is 1. The van der Waals surface area contributed by atoms with E-state index in [-0.39, 0.29) is 11.7 Å². The van der Waals surface area contributed by atoms with Gasteiger partial charge in [-0.05, 0) is 18.9 Å². The number of hydrogen-bond acceptors (Lipinski definition) is 7. The molecule has 27 heavy (non-hydrogen) atoms. The lowest BCUT2D eigenvalue weighted by molar-refractivity contribution is 0.0697. The molecular weight excluding hydrogens is 348 g/mol. The van der Waals surface area contributed by atoms with Crippen molar-refractivity contribution in [1.29, 1.82) is 5.26 Å². The van der Waals surface area contributed by atoms with Crippen molar-refractivity contribution >= 4 is 22.7 Å². The van der Waals surface area contributed by atoms with Crippen molar-refractivity contribution in [3.05, 3.63) is 41.9 Å². The number of aromatic carboxylic acids is 1. The van der Waals surface area contributed by atoms with Crippen molar-refractivity contribution in [2.75, 3.05) is 18.5 Å². The van der Waals surface area contributed by atoms with Crippen LogP contribution in [-0.4, -0.2) is 50.1 Å². The van der Waals surface area contributed by atoms with Crippen molar-refractivity contribution in [3.63, 3.8) is 0 Å². The third-order valence-electron chi connectivity index (χ3n) is 4.42. The number of carboxylic acids is 1. The van der Waals surface area contributed by atoms with Gasteiger partial charge in [0.2, 0.25) is 0 Å². The molecule has 9 nitrogen and oxygen atoms in total. The molecule has 136 valence electrons. The largest absolute Gasteiger partial charge is 0.478 e. The summed E-state index contributed by atoms with van der Waals surface area (Å²) in [6.45, 7) is 1.25. The fourth-order valence-electron chi connectivity index (χ4n) is 3.06. The number of pyridine rings is 2. The van der Waals surface area contributed by atoms with E-state index in [1.54, 1.807) is 18.3 Å². The molecule has 1 aliphatic heterocycles. The average molecular weight is 364 g/mol. The summed E-state index contributed by atoms with van der Waals surface area (Å²) in [4.78, 5) is 20.0. The SMILES string of the molecule is N#Cc1cnc2c(cnn2-c2cc(NC[C@@H]3CCCO3)c(C(=O)O)cn2)c1. The summed E-state index contributed by atoms with van der Waals surface area (Å²) in [6.07, 6.45) is 6.38. The highest BCUT2D eigenvalue weighted by Crippen LogP contribution is 2.22. The predicted octanol–water partition coefficient (Wildman–Crippen LogP) is 1.98. The van der Waals surface area contributed by atoms with Crippen LogP contribution in [0.4, 0.5) is 5.69 Å². The Balaban J connectivity index is 1.69. The molecule has 0 unspecified atom stereocenters. The summed E-state index contributed by atoms with van der Waals surface area (Å²) >= 11 is 0. The molecule has 1 atom stereocenters. The van der Waals surface area contributed by atoms with Crippen molar-refractivity contribution in [3.8, 4) is 11.9 Å². The van der Waals surface area contributed by atoms with Crippen LogP contribution >= 0.6 is 0 Å². The molecule has 0 saturated carbocycles. The van der Waals surface area contributed by atoms with Gasteiger partial charge >= 0.3 is 5.97 Å². The fourth-order valence-corrected chi connectivity index (χ4v) is 3.06. The van der Waals surface area contributed by atoms with Crippen molar-refractivity contribution in [1.82, 2.24) is 19.7 Å². The summed E-state index contributed by atoms with van der Waals surface area (Å²) in [7, 11) is 0. The molecule has 2 N–H and O–H groups in total. The molecule has 0 radical (unpaired) electrons. The maximum atomic E-state index is 11.5. The molecule has 0 spiro atoms. The minimum Gasteiger partial charge on any atom is -0.478 e. The topological polar surface area (TPSA) is 126 Å². The highest BCUT2D eigenvalue weighted by atomic mass is 16.5. The summed E-state index contributed by atoms with van der Waals surface area (Å²) in [5.74, 6) is -0.631. The first-order chi connectivity index (χ1) is 13.2. The number of aromatic nitrogens is 4. The van der Waals surface area contributed by atoms with Crippen molar-refractivity contribution in [2.45, 2.75) is 18.9 Å². The second kappa shape index (κ2) is 7.01. The van der Waals surface area contributed by atoms with E-state index >= 15 is 0 Å². The molecule has 0 bridgehead atoms. The zero-order chi connectivity index (χ0) is 18.8. The third kappa shape index (κ3) is 3.30. The molecule has 4 heterocycles. The van der Waals surface area contributed by atoms with E-state index < -0.39 is 5.97 Å². The first-order valence-electron chi connectivity index (χ1n) is 8.49. The van der Waals surface area contributed by atoms with Crippen LogP contribution in [0.15, 0.2) is 30.7 Å². The monoisotopic (exact) mass is 364 g/mol. The molecule has 9 heteroatoms. The van der Waals surface area contributed by atoms with Gasteiger partial charge in [0.05, 0.1) is 23.6 Å². The van der Waals surface area contributed by atoms with Crippen LogP contribution in [0.5, 0.6) is 0 Å². The standard InChI is InChI=1S/C18H16N6O3/c19-6-11-4-12-8-23-24(17(12)22-7-11)16-5-15(14(10-21-16)18(25)26)20-9-13-2-1-3-27-13/h4-5,7-8,10,13H,1-3,9H2,(H,20,21)(H,25,26)/t13-/m0/s1. The lowest BCUT2D eigenvalue weighted by Gasteiger charge is -2.14. The van der Waals surface area contributed by atoms with Gasteiger partial charge in [-0.25, -0.2) is 14.8 Å². The average Bonchev–Trinajstić information content (AvgIpc) is 3.35. The van der Waals surface area contributed by atoms with E-state index in [0.29, 0.717) is 34.6 Å². The van der Waals surface area contributed by atoms with Gasteiger partial charge in [0, 0.05) is 37.0 Å². The predicted molar refractivity (Wildman–Crippen MR) is 95.8 cm³/mol. The summed E-state index contributed by atoms with van der Waals surface area (Å²) in [5, 5.41) is 26.5. The van der Waals surface area contributed by atoms with Gasteiger partial charge in [-0.2, -0.15) is 15.0 Å². The third-order valence-corrected chi connectivity index (χ3v) is 4.42. The number of carbonyl (C=O) groups is 1. The minimum atomic E-state index is -1.06. The second-order valence-electron chi connectivity index (χ2n) is 6.21. The second-order valence-corrected chi connectivity index (χ2v) is 6.21. The van der Waals surface area contributed by atoms with Crippen molar-refractivity contribution < 1.29 is 14.6 Å². The quantitative estimate of drug-likeness (QED) is 0.704. The van der Waals surface area contributed by atoms with Gasteiger partial charge in [-0.1, -0.05) is 0 Å². The van der Waals surface area contributed by atoms with Crippen LogP contribution in [-0.2, 0) is 4.74 Å². The summed E-state index contributed by atoms with van der Waals surface area (Å²) in [6, 6.07) is 5.36. The molecule has 1 saturated heterocycles. The van der Waals surface area contributed by atoms with Crippen LogP contribution in [0.25, 0.3) is 16.9 Å². The number of fused-ring (bicyclic) bond motifs is 1. The molecule has 0 aromatic carbocycles. The normalized spacial score (nSPS) is 16.3. The fraction of sp³-hybridized carbons (Fsp3) is 0.278. The number of ether oxygens (including phenoxy) is 1. The number of nitrogens with zero attached hydrogens (tertiary/aromatic N) is 5. The Hall–Kier alpha value is -3.51. The molecule has 0 amide bonds. The first kappa shape index (κ1) is 16.9. The Bertz CT molecular complexity index is 1050. The first-order valence-corrected chi connectivity index (χ1v) is 8.49. The lowest BCUT2D eigenvalue weighted by atomic mass is 10.2. The van der Waals surface area contributed by atoms with E-state index in [2.05, 4.69) is 20.4 Å². The van der Waals surface area contributed by atoms with Gasteiger partial charge in [0.25, 0.3) is 0 Å². The maximum absolute atomic E-state index is 11.5. The highest BCUT2D eigenvalue weighted by molar-refractivity contribution is 5.94. The molecule has 3 aromatic heterocycles. The van der Waals surface area contributed by atoms with Crippen LogP contribution in [0.2, 0.25) is 0 Å². The summed E-state index contributed by atoms with van der Waals surface area (Å²) < 4.78 is 7.09. The Morgan fingerprint density at radius 2 is 2.26 bits per heavy atom. The van der Waals surface area contributed by atoms with Gasteiger partial charge in [0.15, 0.2) is 11.5 Å². The van der Waals surface area contributed by atoms with Gasteiger partial charge in [-0.15, -0.1) is 0 Å². The Labute approximate surface area is 154 Å². The highest BCUT2D eigenvalue weighted by Gasteiger charge is 2.18. The number of hydrogen-bond donors (Lipinski definition) is 2. The number of nitrogens with one attached hydrogen (secondary N) is 1. The molecule has 1 fully saturated rings. The van der Waals surface area contributed by atoms with Gasteiger partial charge in [-0.3, -0.25) is 0 Å². The molecular formula is C18H16N6O3. The maximum Gasteiger partial charge on any atom is 0.339 e. The lowest BCUT2D eigenvalue weighted by Crippen LogP contribution is -2.20. The number of anilines is 1. The zero-order valence-corrected chi connectivity index (χ0v) is 14.3. The van der Waals surface area contributed by atoms with Gasteiger partial charge < -0.3 is 15.2 Å². The molecule has 4 rings (SSSR count). The number of nitriles is 1. The number of rotatable bonds is 5. The van der Waals surface area contributed by atoms with E-state index in [1.165, 1.54) is 17.1 Å². The van der Waals surface area contributed by atoms with Crippen LogP contribution in [0.3, 0.4) is 0 Å². The van der Waals surface area contributed by atoms with E-state index in [4.69, 9.17) is 10.00 Å². The molecule has 0 aliphatic carbocycles. The van der Waals surface area contributed by atoms with E-state index in [0.717, 1.165) is 19.4 Å².